The SMILES string of the molecule is CCOCC1CN(Cc2ccoc2)Cc2ccnn21. The van der Waals surface area contributed by atoms with Crippen LogP contribution < -0.4 is 0 Å². The van der Waals surface area contributed by atoms with E-state index in [-0.39, 0.29) is 0 Å². The van der Waals surface area contributed by atoms with Crippen LogP contribution >= 0.6 is 0 Å². The van der Waals surface area contributed by atoms with Gasteiger partial charge in [0.2, 0.25) is 0 Å². The van der Waals surface area contributed by atoms with Gasteiger partial charge in [-0.1, -0.05) is 0 Å². The van der Waals surface area contributed by atoms with E-state index in [0.29, 0.717) is 12.6 Å². The van der Waals surface area contributed by atoms with E-state index >= 15 is 0 Å². The highest BCUT2D eigenvalue weighted by Crippen LogP contribution is 2.22. The summed E-state index contributed by atoms with van der Waals surface area (Å²) in [4.78, 5) is 2.41. The number of rotatable bonds is 5. The summed E-state index contributed by atoms with van der Waals surface area (Å²) < 4.78 is 12.8. The maximum atomic E-state index is 5.58. The molecule has 0 bridgehead atoms. The second kappa shape index (κ2) is 5.59. The van der Waals surface area contributed by atoms with Crippen molar-refractivity contribution in [3.63, 3.8) is 0 Å². The fourth-order valence-electron chi connectivity index (χ4n) is 2.60. The number of aromatic nitrogens is 2. The van der Waals surface area contributed by atoms with Gasteiger partial charge in [-0.25, -0.2) is 0 Å². The van der Waals surface area contributed by atoms with Gasteiger partial charge in [0.25, 0.3) is 0 Å². The van der Waals surface area contributed by atoms with Crippen LogP contribution in [0.15, 0.2) is 35.3 Å². The third-order valence-electron chi connectivity index (χ3n) is 3.45. The van der Waals surface area contributed by atoms with Crippen LogP contribution in [0.3, 0.4) is 0 Å². The van der Waals surface area contributed by atoms with Crippen molar-refractivity contribution in [1.29, 1.82) is 0 Å². The molecule has 2 aromatic rings. The lowest BCUT2D eigenvalue weighted by molar-refractivity contribution is 0.0682. The van der Waals surface area contributed by atoms with Gasteiger partial charge in [-0.3, -0.25) is 9.58 Å². The van der Waals surface area contributed by atoms with Crippen LogP contribution in [-0.2, 0) is 17.8 Å². The van der Waals surface area contributed by atoms with Crippen LogP contribution in [0.2, 0.25) is 0 Å². The van der Waals surface area contributed by atoms with Gasteiger partial charge < -0.3 is 9.15 Å². The highest BCUT2D eigenvalue weighted by molar-refractivity contribution is 5.09. The Labute approximate surface area is 112 Å². The van der Waals surface area contributed by atoms with Gasteiger partial charge >= 0.3 is 0 Å². The molecule has 0 radical (unpaired) electrons. The third-order valence-corrected chi connectivity index (χ3v) is 3.45. The molecule has 0 spiro atoms. The Morgan fingerprint density at radius 3 is 3.21 bits per heavy atom. The van der Waals surface area contributed by atoms with Crippen molar-refractivity contribution >= 4 is 0 Å². The molecule has 1 atom stereocenters. The summed E-state index contributed by atoms with van der Waals surface area (Å²) in [7, 11) is 0. The maximum absolute atomic E-state index is 5.58. The molecule has 0 aromatic carbocycles. The minimum atomic E-state index is 0.297. The molecule has 1 aliphatic rings. The monoisotopic (exact) mass is 261 g/mol. The fourth-order valence-corrected chi connectivity index (χ4v) is 2.60. The average molecular weight is 261 g/mol. The molecule has 0 fully saturated rings. The molecule has 5 heteroatoms. The molecule has 2 aromatic heterocycles. The Morgan fingerprint density at radius 1 is 1.47 bits per heavy atom. The van der Waals surface area contributed by atoms with E-state index in [9.17, 15) is 0 Å². The molecule has 19 heavy (non-hydrogen) atoms. The molecular formula is C14H19N3O2. The minimum Gasteiger partial charge on any atom is -0.472 e. The van der Waals surface area contributed by atoms with Crippen molar-refractivity contribution in [2.45, 2.75) is 26.1 Å². The molecule has 3 rings (SSSR count). The normalized spacial score (nSPS) is 19.5. The molecule has 1 aliphatic heterocycles. The van der Waals surface area contributed by atoms with Gasteiger partial charge in [-0.05, 0) is 19.1 Å². The van der Waals surface area contributed by atoms with Crippen LogP contribution in [0.1, 0.15) is 24.2 Å². The van der Waals surface area contributed by atoms with Gasteiger partial charge in [0.1, 0.15) is 0 Å². The van der Waals surface area contributed by atoms with Crippen molar-refractivity contribution in [3.8, 4) is 0 Å². The van der Waals surface area contributed by atoms with Crippen molar-refractivity contribution in [1.82, 2.24) is 14.7 Å². The lowest BCUT2D eigenvalue weighted by Crippen LogP contribution is -2.39. The van der Waals surface area contributed by atoms with Crippen molar-refractivity contribution in [2.75, 3.05) is 19.8 Å². The maximum Gasteiger partial charge on any atom is 0.0947 e. The molecule has 3 heterocycles. The zero-order chi connectivity index (χ0) is 13.1. The number of hydrogen-bond donors (Lipinski definition) is 0. The summed E-state index contributed by atoms with van der Waals surface area (Å²) in [6, 6.07) is 4.40. The molecule has 5 nitrogen and oxygen atoms in total. The van der Waals surface area contributed by atoms with Crippen LogP contribution in [0.25, 0.3) is 0 Å². The Balaban J connectivity index is 1.72. The molecule has 102 valence electrons. The van der Waals surface area contributed by atoms with Crippen molar-refractivity contribution in [2.24, 2.45) is 0 Å². The van der Waals surface area contributed by atoms with Gasteiger partial charge in [-0.2, -0.15) is 5.10 Å². The summed E-state index contributed by atoms with van der Waals surface area (Å²) in [6.07, 6.45) is 5.40. The highest BCUT2D eigenvalue weighted by Gasteiger charge is 2.25. The van der Waals surface area contributed by atoms with E-state index in [1.165, 1.54) is 11.3 Å². The summed E-state index contributed by atoms with van der Waals surface area (Å²) in [6.45, 7) is 6.27. The first-order chi connectivity index (χ1) is 9.36. The molecular weight excluding hydrogens is 242 g/mol. The quantitative estimate of drug-likeness (QED) is 0.826. The topological polar surface area (TPSA) is 43.4 Å². The minimum absolute atomic E-state index is 0.297. The van der Waals surface area contributed by atoms with Crippen LogP contribution in [0, 0.1) is 0 Å². The van der Waals surface area contributed by atoms with E-state index < -0.39 is 0 Å². The highest BCUT2D eigenvalue weighted by atomic mass is 16.5. The van der Waals surface area contributed by atoms with Gasteiger partial charge in [0.15, 0.2) is 0 Å². The third kappa shape index (κ3) is 2.72. The number of hydrogen-bond acceptors (Lipinski definition) is 4. The first-order valence-electron chi connectivity index (χ1n) is 6.70. The number of nitrogens with zero attached hydrogens (tertiary/aromatic N) is 3. The molecule has 0 saturated carbocycles. The predicted molar refractivity (Wildman–Crippen MR) is 70.6 cm³/mol. The Hall–Kier alpha value is -1.59. The Kier molecular flexibility index (Phi) is 3.66. The summed E-state index contributed by atoms with van der Waals surface area (Å²) >= 11 is 0. The molecule has 1 unspecified atom stereocenters. The van der Waals surface area contributed by atoms with E-state index in [0.717, 1.165) is 26.2 Å². The first-order valence-corrected chi connectivity index (χ1v) is 6.70. The fraction of sp³-hybridized carbons (Fsp3) is 0.500. The summed E-state index contributed by atoms with van der Waals surface area (Å²) in [5.74, 6) is 0. The van der Waals surface area contributed by atoms with E-state index in [2.05, 4.69) is 20.7 Å². The Morgan fingerprint density at radius 2 is 2.42 bits per heavy atom. The summed E-state index contributed by atoms with van der Waals surface area (Å²) in [5, 5.41) is 4.41. The van der Waals surface area contributed by atoms with Gasteiger partial charge in [0, 0.05) is 38.0 Å². The van der Waals surface area contributed by atoms with Crippen LogP contribution in [0.4, 0.5) is 0 Å². The van der Waals surface area contributed by atoms with Crippen LogP contribution in [0.5, 0.6) is 0 Å². The van der Waals surface area contributed by atoms with Gasteiger partial charge in [-0.15, -0.1) is 0 Å². The van der Waals surface area contributed by atoms with E-state index in [4.69, 9.17) is 9.15 Å². The largest absolute Gasteiger partial charge is 0.472 e. The second-order valence-corrected chi connectivity index (χ2v) is 4.88. The lowest BCUT2D eigenvalue weighted by atomic mass is 10.2. The molecule has 0 N–H and O–H groups in total. The smallest absolute Gasteiger partial charge is 0.0947 e. The standard InChI is InChI=1S/C14H19N3O2/c1-2-18-11-14-9-16(7-12-4-6-19-10-12)8-13-3-5-15-17(13)14/h3-6,10,14H,2,7-9,11H2,1H3. The number of furan rings is 1. The molecule has 0 amide bonds. The number of ether oxygens (including phenoxy) is 1. The molecule has 0 saturated heterocycles. The average Bonchev–Trinajstić information content (AvgIpc) is 3.06. The van der Waals surface area contributed by atoms with Crippen molar-refractivity contribution < 1.29 is 9.15 Å². The number of fused-ring (bicyclic) bond motifs is 1. The van der Waals surface area contributed by atoms with E-state index in [1.807, 2.05) is 25.5 Å². The van der Waals surface area contributed by atoms with E-state index in [1.54, 1.807) is 6.26 Å². The Bertz CT molecular complexity index is 507. The van der Waals surface area contributed by atoms with Crippen LogP contribution in [-0.4, -0.2) is 34.4 Å². The predicted octanol–water partition coefficient (Wildman–Crippen LogP) is 2.07. The first kappa shape index (κ1) is 12.4. The second-order valence-electron chi connectivity index (χ2n) is 4.88. The van der Waals surface area contributed by atoms with Crippen molar-refractivity contribution in [3.05, 3.63) is 42.1 Å². The lowest BCUT2D eigenvalue weighted by Gasteiger charge is -2.33. The van der Waals surface area contributed by atoms with Gasteiger partial charge in [0.05, 0.1) is 30.9 Å². The molecule has 0 aliphatic carbocycles. The summed E-state index contributed by atoms with van der Waals surface area (Å²) in [5.41, 5.74) is 2.46. The zero-order valence-electron chi connectivity index (χ0n) is 11.2. The zero-order valence-corrected chi connectivity index (χ0v) is 11.2.